The molecular weight excluding hydrogens is 348 g/mol. The predicted molar refractivity (Wildman–Crippen MR) is 127 cm³/mol. The molecule has 3 aromatic rings. The van der Waals surface area contributed by atoms with Crippen molar-refractivity contribution in [3.63, 3.8) is 0 Å². The molecule has 0 saturated heterocycles. The fourth-order valence-corrected chi connectivity index (χ4v) is 4.29. The minimum atomic E-state index is 0.531. The smallest absolute Gasteiger partial charge is 0.00893 e. The lowest BCUT2D eigenvalue weighted by Crippen LogP contribution is -2.01. The van der Waals surface area contributed by atoms with Gasteiger partial charge in [0.25, 0.3) is 0 Å². The zero-order valence-electron chi connectivity index (χ0n) is 18.0. The molecule has 0 fully saturated rings. The van der Waals surface area contributed by atoms with E-state index in [0.29, 0.717) is 5.92 Å². The third-order valence-electron chi connectivity index (χ3n) is 6.01. The zero-order valence-corrected chi connectivity index (χ0v) is 18.0. The first kappa shape index (κ1) is 21.4. The second-order valence-corrected chi connectivity index (χ2v) is 8.21. The van der Waals surface area contributed by atoms with Crippen molar-refractivity contribution in [1.29, 1.82) is 0 Å². The van der Waals surface area contributed by atoms with E-state index in [2.05, 4.69) is 91.9 Å². The van der Waals surface area contributed by atoms with E-state index < -0.39 is 0 Å². The minimum Gasteiger partial charge on any atom is -0.0622 e. The van der Waals surface area contributed by atoms with Crippen LogP contribution in [0.4, 0.5) is 0 Å². The molecule has 0 aliphatic carbocycles. The van der Waals surface area contributed by atoms with Gasteiger partial charge in [0.2, 0.25) is 0 Å². The molecule has 0 aliphatic rings. The lowest BCUT2D eigenvalue weighted by Gasteiger charge is -2.18. The van der Waals surface area contributed by atoms with Crippen molar-refractivity contribution in [3.8, 4) is 0 Å². The SMILES string of the molecule is CCc1cccc(CCCCCCCCC(c2ccccc2)c2ccccc2)c1. The van der Waals surface area contributed by atoms with Crippen molar-refractivity contribution in [2.45, 2.75) is 70.6 Å². The second kappa shape index (κ2) is 12.3. The van der Waals surface area contributed by atoms with Gasteiger partial charge in [-0.1, -0.05) is 124 Å². The molecule has 0 nitrogen and oxygen atoms in total. The molecule has 3 rings (SSSR count). The number of unbranched alkanes of at least 4 members (excludes halogenated alkanes) is 5. The summed E-state index contributed by atoms with van der Waals surface area (Å²) < 4.78 is 0. The highest BCUT2D eigenvalue weighted by molar-refractivity contribution is 5.32. The Balaban J connectivity index is 1.36. The van der Waals surface area contributed by atoms with Crippen LogP contribution in [0.15, 0.2) is 84.9 Å². The molecule has 0 heteroatoms. The Bertz CT molecular complexity index is 764. The van der Waals surface area contributed by atoms with Gasteiger partial charge in [0.05, 0.1) is 0 Å². The highest BCUT2D eigenvalue weighted by atomic mass is 14.2. The Morgan fingerprint density at radius 2 is 1.10 bits per heavy atom. The molecule has 0 radical (unpaired) electrons. The van der Waals surface area contributed by atoms with Crippen molar-refractivity contribution < 1.29 is 0 Å². The summed E-state index contributed by atoms with van der Waals surface area (Å²) in [6, 6.07) is 31.2. The molecule has 0 heterocycles. The van der Waals surface area contributed by atoms with E-state index in [4.69, 9.17) is 0 Å². The summed E-state index contributed by atoms with van der Waals surface area (Å²) >= 11 is 0. The van der Waals surface area contributed by atoms with Crippen LogP contribution in [0.2, 0.25) is 0 Å². The Morgan fingerprint density at radius 3 is 1.72 bits per heavy atom. The number of hydrogen-bond donors (Lipinski definition) is 0. The summed E-state index contributed by atoms with van der Waals surface area (Å²) in [5.41, 5.74) is 5.88. The van der Waals surface area contributed by atoms with Crippen LogP contribution in [-0.4, -0.2) is 0 Å². The van der Waals surface area contributed by atoms with Crippen LogP contribution in [0.3, 0.4) is 0 Å². The number of rotatable bonds is 12. The van der Waals surface area contributed by atoms with Crippen molar-refractivity contribution in [1.82, 2.24) is 0 Å². The summed E-state index contributed by atoms with van der Waals surface area (Å²) in [6.07, 6.45) is 11.7. The van der Waals surface area contributed by atoms with E-state index in [9.17, 15) is 0 Å². The lowest BCUT2D eigenvalue weighted by molar-refractivity contribution is 0.561. The van der Waals surface area contributed by atoms with Crippen LogP contribution in [0.25, 0.3) is 0 Å². The third kappa shape index (κ3) is 7.20. The Kier molecular flexibility index (Phi) is 9.04. The standard InChI is InChI=1S/C29H36/c1-2-25-17-15-18-26(24-25)16-9-5-3-4-6-14-23-29(27-19-10-7-11-20-27)28-21-12-8-13-22-28/h7-8,10-13,15,17-22,24,29H,2-6,9,14,16,23H2,1H3. The largest absolute Gasteiger partial charge is 0.0622 e. The first-order valence-electron chi connectivity index (χ1n) is 11.5. The average Bonchev–Trinajstić information content (AvgIpc) is 2.79. The van der Waals surface area contributed by atoms with Crippen molar-refractivity contribution >= 4 is 0 Å². The number of benzene rings is 3. The van der Waals surface area contributed by atoms with Gasteiger partial charge in [-0.3, -0.25) is 0 Å². The normalized spacial score (nSPS) is 11.1. The van der Waals surface area contributed by atoms with Gasteiger partial charge in [0.1, 0.15) is 0 Å². The topological polar surface area (TPSA) is 0 Å². The van der Waals surface area contributed by atoms with E-state index in [-0.39, 0.29) is 0 Å². The predicted octanol–water partition coefficient (Wildman–Crippen LogP) is 8.35. The van der Waals surface area contributed by atoms with Crippen LogP contribution in [-0.2, 0) is 12.8 Å². The van der Waals surface area contributed by atoms with Gasteiger partial charge in [-0.25, -0.2) is 0 Å². The van der Waals surface area contributed by atoms with Crippen LogP contribution in [0.1, 0.15) is 80.0 Å². The van der Waals surface area contributed by atoms with Gasteiger partial charge in [0.15, 0.2) is 0 Å². The Hall–Kier alpha value is -2.34. The summed E-state index contributed by atoms with van der Waals surface area (Å²) in [5.74, 6) is 0.531. The Labute approximate surface area is 178 Å². The molecular formula is C29H36. The monoisotopic (exact) mass is 384 g/mol. The third-order valence-corrected chi connectivity index (χ3v) is 6.01. The van der Waals surface area contributed by atoms with Gasteiger partial charge in [0, 0.05) is 5.92 Å². The molecule has 0 spiro atoms. The summed E-state index contributed by atoms with van der Waals surface area (Å²) in [7, 11) is 0. The molecule has 0 aromatic heterocycles. The summed E-state index contributed by atoms with van der Waals surface area (Å²) in [4.78, 5) is 0. The van der Waals surface area contributed by atoms with E-state index in [0.717, 1.165) is 6.42 Å². The highest BCUT2D eigenvalue weighted by Crippen LogP contribution is 2.30. The van der Waals surface area contributed by atoms with Crippen LogP contribution >= 0.6 is 0 Å². The molecule has 152 valence electrons. The minimum absolute atomic E-state index is 0.531. The van der Waals surface area contributed by atoms with Crippen molar-refractivity contribution in [2.75, 3.05) is 0 Å². The van der Waals surface area contributed by atoms with Gasteiger partial charge >= 0.3 is 0 Å². The average molecular weight is 385 g/mol. The number of aryl methyl sites for hydroxylation is 2. The first-order valence-corrected chi connectivity index (χ1v) is 11.5. The molecule has 0 atom stereocenters. The van der Waals surface area contributed by atoms with Gasteiger partial charge in [-0.2, -0.15) is 0 Å². The van der Waals surface area contributed by atoms with E-state index >= 15 is 0 Å². The zero-order chi connectivity index (χ0) is 20.2. The fraction of sp³-hybridized carbons (Fsp3) is 0.379. The van der Waals surface area contributed by atoms with E-state index in [1.165, 1.54) is 73.6 Å². The van der Waals surface area contributed by atoms with Gasteiger partial charge in [-0.05, 0) is 47.9 Å². The number of hydrogen-bond acceptors (Lipinski definition) is 0. The Morgan fingerprint density at radius 1 is 0.552 bits per heavy atom. The molecule has 29 heavy (non-hydrogen) atoms. The lowest BCUT2D eigenvalue weighted by atomic mass is 9.87. The van der Waals surface area contributed by atoms with E-state index in [1.54, 1.807) is 0 Å². The van der Waals surface area contributed by atoms with Crippen molar-refractivity contribution in [2.24, 2.45) is 0 Å². The second-order valence-electron chi connectivity index (χ2n) is 8.21. The van der Waals surface area contributed by atoms with Crippen LogP contribution in [0, 0.1) is 0 Å². The maximum absolute atomic E-state index is 2.38. The van der Waals surface area contributed by atoms with Crippen LogP contribution in [0.5, 0.6) is 0 Å². The fourth-order valence-electron chi connectivity index (χ4n) is 4.29. The molecule has 0 aliphatic heterocycles. The summed E-state index contributed by atoms with van der Waals surface area (Å²) in [5, 5.41) is 0. The highest BCUT2D eigenvalue weighted by Gasteiger charge is 2.13. The molecule has 0 unspecified atom stereocenters. The van der Waals surface area contributed by atoms with Gasteiger partial charge < -0.3 is 0 Å². The van der Waals surface area contributed by atoms with Crippen LogP contribution < -0.4 is 0 Å². The molecule has 0 saturated carbocycles. The quantitative estimate of drug-likeness (QED) is 0.275. The first-order chi connectivity index (χ1) is 14.4. The molecule has 0 bridgehead atoms. The maximum Gasteiger partial charge on any atom is 0.00893 e. The van der Waals surface area contributed by atoms with Crippen molar-refractivity contribution in [3.05, 3.63) is 107 Å². The summed E-state index contributed by atoms with van der Waals surface area (Å²) in [6.45, 7) is 2.24. The van der Waals surface area contributed by atoms with E-state index in [1.807, 2.05) is 0 Å². The molecule has 0 amide bonds. The van der Waals surface area contributed by atoms with Gasteiger partial charge in [-0.15, -0.1) is 0 Å². The molecule has 3 aromatic carbocycles. The maximum atomic E-state index is 2.38. The molecule has 0 N–H and O–H groups in total.